The highest BCUT2D eigenvalue weighted by atomic mass is 35.5. The van der Waals surface area contributed by atoms with Crippen molar-refractivity contribution in [1.82, 2.24) is 19.7 Å². The highest BCUT2D eigenvalue weighted by molar-refractivity contribution is 7.09. The Morgan fingerprint density at radius 2 is 2.16 bits per heavy atom. The maximum atomic E-state index is 12.6. The predicted octanol–water partition coefficient (Wildman–Crippen LogP) is 4.92. The molecule has 2 aromatic carbocycles. The molecule has 0 aliphatic carbocycles. The van der Waals surface area contributed by atoms with Gasteiger partial charge in [-0.05, 0) is 37.3 Å². The van der Waals surface area contributed by atoms with Gasteiger partial charge in [0.25, 0.3) is 0 Å². The van der Waals surface area contributed by atoms with Crippen molar-refractivity contribution < 1.29 is 9.53 Å². The van der Waals surface area contributed by atoms with Crippen molar-refractivity contribution in [3.8, 4) is 11.4 Å². The SMILES string of the molecule is Cc1nc(COc2ccccc2/C=C/C(=O)Nc2cc(Cl)ccc2-n2cncn2)cs1. The molecule has 7 nitrogen and oxygen atoms in total. The van der Waals surface area contributed by atoms with Crippen molar-refractivity contribution in [1.29, 1.82) is 0 Å². The average Bonchev–Trinajstić information content (AvgIpc) is 3.43. The second-order valence-corrected chi connectivity index (χ2v) is 8.01. The van der Waals surface area contributed by atoms with Crippen LogP contribution >= 0.6 is 22.9 Å². The molecular formula is C22H18ClN5O2S. The number of nitrogens with zero attached hydrogens (tertiary/aromatic N) is 4. The van der Waals surface area contributed by atoms with Gasteiger partial charge in [-0.2, -0.15) is 5.10 Å². The van der Waals surface area contributed by atoms with Gasteiger partial charge in [0.1, 0.15) is 25.0 Å². The number of benzene rings is 2. The first-order valence-corrected chi connectivity index (χ1v) is 10.6. The van der Waals surface area contributed by atoms with E-state index < -0.39 is 0 Å². The largest absolute Gasteiger partial charge is 0.487 e. The number of amides is 1. The molecule has 2 aromatic heterocycles. The molecule has 0 fully saturated rings. The maximum absolute atomic E-state index is 12.6. The van der Waals surface area contributed by atoms with Crippen molar-refractivity contribution in [3.63, 3.8) is 0 Å². The Labute approximate surface area is 188 Å². The normalized spacial score (nSPS) is 11.0. The van der Waals surface area contributed by atoms with Crippen LogP contribution in [-0.4, -0.2) is 25.7 Å². The minimum atomic E-state index is -0.312. The molecule has 31 heavy (non-hydrogen) atoms. The van der Waals surface area contributed by atoms with Crippen LogP contribution in [0, 0.1) is 6.92 Å². The Hall–Kier alpha value is -3.49. The zero-order valence-electron chi connectivity index (χ0n) is 16.5. The van der Waals surface area contributed by atoms with E-state index in [0.29, 0.717) is 28.8 Å². The third-order valence-corrected chi connectivity index (χ3v) is 5.31. The summed E-state index contributed by atoms with van der Waals surface area (Å²) in [6.07, 6.45) is 6.12. The second kappa shape index (κ2) is 9.55. The van der Waals surface area contributed by atoms with Gasteiger partial charge in [-0.15, -0.1) is 11.3 Å². The molecule has 4 rings (SSSR count). The van der Waals surface area contributed by atoms with Gasteiger partial charge in [0.2, 0.25) is 5.91 Å². The topological polar surface area (TPSA) is 81.9 Å². The summed E-state index contributed by atoms with van der Waals surface area (Å²) in [6.45, 7) is 2.32. The number of nitrogens with one attached hydrogen (secondary N) is 1. The Kier molecular flexibility index (Phi) is 6.40. The molecule has 0 atom stereocenters. The summed E-state index contributed by atoms with van der Waals surface area (Å²) < 4.78 is 7.45. The molecule has 9 heteroatoms. The van der Waals surface area contributed by atoms with E-state index in [4.69, 9.17) is 16.3 Å². The number of anilines is 1. The van der Waals surface area contributed by atoms with E-state index >= 15 is 0 Å². The van der Waals surface area contributed by atoms with E-state index in [0.717, 1.165) is 16.3 Å². The first kappa shape index (κ1) is 20.8. The first-order chi connectivity index (χ1) is 15.1. The molecule has 1 amide bonds. The molecule has 156 valence electrons. The molecule has 0 aliphatic rings. The predicted molar refractivity (Wildman–Crippen MR) is 122 cm³/mol. The average molecular weight is 452 g/mol. The van der Waals surface area contributed by atoms with Crippen molar-refractivity contribution in [2.45, 2.75) is 13.5 Å². The van der Waals surface area contributed by atoms with Gasteiger partial charge in [0.15, 0.2) is 0 Å². The van der Waals surface area contributed by atoms with E-state index in [9.17, 15) is 4.79 Å². The molecular weight excluding hydrogens is 434 g/mol. The zero-order chi connectivity index (χ0) is 21.6. The third kappa shape index (κ3) is 5.36. The highest BCUT2D eigenvalue weighted by Gasteiger charge is 2.09. The van der Waals surface area contributed by atoms with E-state index in [1.165, 1.54) is 12.4 Å². The van der Waals surface area contributed by atoms with Gasteiger partial charge in [-0.1, -0.05) is 29.8 Å². The Morgan fingerprint density at radius 1 is 1.29 bits per heavy atom. The summed E-state index contributed by atoms with van der Waals surface area (Å²) in [5.41, 5.74) is 2.84. The minimum absolute atomic E-state index is 0.312. The van der Waals surface area contributed by atoms with Crippen LogP contribution in [0.4, 0.5) is 5.69 Å². The number of para-hydroxylation sites is 1. The van der Waals surface area contributed by atoms with E-state index in [1.54, 1.807) is 46.6 Å². The fraction of sp³-hybridized carbons (Fsp3) is 0.0909. The van der Waals surface area contributed by atoms with Gasteiger partial charge < -0.3 is 10.1 Å². The second-order valence-electron chi connectivity index (χ2n) is 6.51. The molecule has 0 aliphatic heterocycles. The Bertz CT molecular complexity index is 1220. The van der Waals surface area contributed by atoms with Crippen LogP contribution in [-0.2, 0) is 11.4 Å². The minimum Gasteiger partial charge on any atom is -0.487 e. The number of carbonyl (C=O) groups is 1. The van der Waals surface area contributed by atoms with Crippen molar-refractivity contribution >= 4 is 40.6 Å². The fourth-order valence-electron chi connectivity index (χ4n) is 2.86. The third-order valence-electron chi connectivity index (χ3n) is 4.26. The first-order valence-electron chi connectivity index (χ1n) is 9.35. The molecule has 0 saturated heterocycles. The van der Waals surface area contributed by atoms with Gasteiger partial charge in [-0.3, -0.25) is 4.79 Å². The van der Waals surface area contributed by atoms with Gasteiger partial charge in [0, 0.05) is 22.0 Å². The quantitative estimate of drug-likeness (QED) is 0.403. The van der Waals surface area contributed by atoms with Gasteiger partial charge >= 0.3 is 0 Å². The Balaban J connectivity index is 1.47. The summed E-state index contributed by atoms with van der Waals surface area (Å²) >= 11 is 7.69. The molecule has 2 heterocycles. The number of rotatable bonds is 7. The number of thiazole rings is 1. The van der Waals surface area contributed by atoms with Gasteiger partial charge in [0.05, 0.1) is 22.1 Å². The van der Waals surface area contributed by atoms with Crippen LogP contribution < -0.4 is 10.1 Å². The van der Waals surface area contributed by atoms with Crippen molar-refractivity contribution in [3.05, 3.63) is 87.9 Å². The van der Waals surface area contributed by atoms with E-state index in [-0.39, 0.29) is 5.91 Å². The van der Waals surface area contributed by atoms with Crippen LogP contribution in [0.2, 0.25) is 5.02 Å². The monoisotopic (exact) mass is 451 g/mol. The summed E-state index contributed by atoms with van der Waals surface area (Å²) in [5.74, 6) is 0.358. The van der Waals surface area contributed by atoms with Gasteiger partial charge in [-0.25, -0.2) is 14.6 Å². The number of ether oxygens (including phenoxy) is 1. The zero-order valence-corrected chi connectivity index (χ0v) is 18.1. The lowest BCUT2D eigenvalue weighted by Crippen LogP contribution is -2.11. The molecule has 1 N–H and O–H groups in total. The maximum Gasteiger partial charge on any atom is 0.248 e. The summed E-state index contributed by atoms with van der Waals surface area (Å²) in [6, 6.07) is 12.7. The van der Waals surface area contributed by atoms with Crippen LogP contribution in [0.25, 0.3) is 11.8 Å². The highest BCUT2D eigenvalue weighted by Crippen LogP contribution is 2.25. The van der Waals surface area contributed by atoms with Crippen LogP contribution in [0.5, 0.6) is 5.75 Å². The molecule has 0 bridgehead atoms. The molecule has 0 unspecified atom stereocenters. The molecule has 0 saturated carbocycles. The summed E-state index contributed by atoms with van der Waals surface area (Å²) in [4.78, 5) is 20.9. The molecule has 0 spiro atoms. The number of aryl methyl sites for hydroxylation is 1. The molecule has 4 aromatic rings. The smallest absolute Gasteiger partial charge is 0.248 e. The number of hydrogen-bond acceptors (Lipinski definition) is 6. The fourth-order valence-corrected chi connectivity index (χ4v) is 3.63. The lowest BCUT2D eigenvalue weighted by atomic mass is 10.2. The standard InChI is InChI=1S/C22H18ClN5O2S/c1-15-26-18(12-31-15)11-30-21-5-3-2-4-16(21)6-9-22(29)27-19-10-17(23)7-8-20(19)28-14-24-13-25-28/h2-10,12-14H,11H2,1H3,(H,27,29)/b9-6+. The number of aromatic nitrogens is 4. The lowest BCUT2D eigenvalue weighted by molar-refractivity contribution is -0.111. The lowest BCUT2D eigenvalue weighted by Gasteiger charge is -2.10. The number of carbonyl (C=O) groups excluding carboxylic acids is 1. The van der Waals surface area contributed by atoms with Crippen LogP contribution in [0.15, 0.2) is 66.6 Å². The van der Waals surface area contributed by atoms with E-state index in [1.807, 2.05) is 36.6 Å². The number of hydrogen-bond donors (Lipinski definition) is 1. The van der Waals surface area contributed by atoms with Crippen molar-refractivity contribution in [2.75, 3.05) is 5.32 Å². The van der Waals surface area contributed by atoms with Crippen LogP contribution in [0.3, 0.4) is 0 Å². The summed E-state index contributed by atoms with van der Waals surface area (Å²) in [5, 5.41) is 10.4. The van der Waals surface area contributed by atoms with Crippen LogP contribution in [0.1, 0.15) is 16.3 Å². The summed E-state index contributed by atoms with van der Waals surface area (Å²) in [7, 11) is 0. The molecule has 0 radical (unpaired) electrons. The number of halogens is 1. The van der Waals surface area contributed by atoms with Crippen molar-refractivity contribution in [2.24, 2.45) is 0 Å². The van der Waals surface area contributed by atoms with E-state index in [2.05, 4.69) is 20.4 Å². The Morgan fingerprint density at radius 3 is 2.94 bits per heavy atom.